The van der Waals surface area contributed by atoms with Crippen LogP contribution in [-0.2, 0) is 59.1 Å². The van der Waals surface area contributed by atoms with Crippen LogP contribution in [0.2, 0.25) is 0 Å². The van der Waals surface area contributed by atoms with Gasteiger partial charge >= 0.3 is 64.9 Å². The predicted octanol–water partition coefficient (Wildman–Crippen LogP) is 39.4. The molecule has 20 rings (SSSR count). The molecule has 16 aromatic rings. The van der Waals surface area contributed by atoms with E-state index in [4.69, 9.17) is 8.83 Å². The first-order valence-electron chi connectivity index (χ1n) is 46.1. The molecular weight excluding hydrogens is 2120 g/mol. The summed E-state index contributed by atoms with van der Waals surface area (Å²) in [6.07, 6.45) is 0. The fourth-order valence-electron chi connectivity index (χ4n) is 20.9. The number of nitrogens with zero attached hydrogens (tertiary/aromatic N) is 2. The number of benzene rings is 14. The zero-order valence-corrected chi connectivity index (χ0v) is 92.0. The summed E-state index contributed by atoms with van der Waals surface area (Å²) >= 11 is 14.8. The molecule has 0 saturated heterocycles. The summed E-state index contributed by atoms with van der Waals surface area (Å²) in [5, 5.41) is 8.28. The van der Waals surface area contributed by atoms with Crippen LogP contribution in [0.5, 0.6) is 0 Å². The Kier molecular flexibility index (Phi) is 25.8. The molecule has 2 aromatic heterocycles. The predicted molar refractivity (Wildman–Crippen MR) is 600 cm³/mol. The number of rotatable bonds is 8. The van der Waals surface area contributed by atoms with Gasteiger partial charge in [-0.2, -0.15) is 0 Å². The van der Waals surface area contributed by atoms with Gasteiger partial charge in [-0.05, 0) is 277 Å². The fourth-order valence-corrected chi connectivity index (χ4v) is 21.7. The molecule has 4 aliphatic rings. The van der Waals surface area contributed by atoms with Crippen LogP contribution in [0, 0.1) is 0 Å². The second kappa shape index (κ2) is 35.1. The Labute approximate surface area is 840 Å². The zero-order chi connectivity index (χ0) is 94.1. The molecule has 0 bridgehead atoms. The first kappa shape index (κ1) is 96.9. The van der Waals surface area contributed by atoms with Gasteiger partial charge < -0.3 is 24.0 Å². The van der Waals surface area contributed by atoms with Crippen LogP contribution in [0.15, 0.2) is 285 Å². The van der Waals surface area contributed by atoms with Gasteiger partial charge in [0, 0.05) is 109 Å². The second-order valence-corrected chi connectivity index (χ2v) is 82.0. The molecule has 0 atom stereocenters. The summed E-state index contributed by atoms with van der Waals surface area (Å²) in [6, 6.07) is 99.3. The SMILES string of the molecule is C.CC(C)(C)c1ccc(N(c2ccc(C(C)(C)C)cc2)c2ccc3c(c2)C(C)(C)c2c4c(c5c(oc6ccccc65)c2-3)-c2ccc(N(c3ccc(C(C)(C)C)cc3)c3ccc(C(C)(C)C)cc3)cc2C4(C)C)cc1.CC(C)(C)c1ccc(Nc2ccc(C(C)(C)C)cc2)cc1.CC1(C)c2cc(Br)ccc2-c2c1c1c(c3c2oc2ccccc23)-c2ccc(Br)cc2C1(C)C.[I][V]([I])[I]. The number of halogens is 5. The molecule has 0 aliphatic heterocycles. The molecule has 0 unspecified atom stereocenters. The molecule has 4 aliphatic carbocycles. The third kappa shape index (κ3) is 17.6. The zero-order valence-electron chi connectivity index (χ0n) is 81.0. The summed E-state index contributed by atoms with van der Waals surface area (Å²) in [5.41, 5.74) is 41.9. The number of hydrogen-bond acceptors (Lipinski definition) is 5. The van der Waals surface area contributed by atoms with Crippen LogP contribution >= 0.6 is 91.8 Å². The van der Waals surface area contributed by atoms with Gasteiger partial charge in [-0.1, -0.05) is 353 Å². The van der Waals surface area contributed by atoms with Crippen LogP contribution in [0.1, 0.15) is 265 Å². The number of anilines is 8. The average molecular weight is 2250 g/mol. The summed E-state index contributed by atoms with van der Waals surface area (Å²) in [5.74, 6) is 0. The van der Waals surface area contributed by atoms with Gasteiger partial charge in [0.2, 0.25) is 0 Å². The van der Waals surface area contributed by atoms with E-state index in [2.05, 4.69) is 554 Å². The van der Waals surface area contributed by atoms with Crippen molar-refractivity contribution in [1.82, 2.24) is 0 Å². The molecule has 0 spiro atoms. The number of hydrogen-bond donors (Lipinski definition) is 1. The van der Waals surface area contributed by atoms with Crippen LogP contribution in [0.3, 0.4) is 0 Å². The monoisotopic (exact) mass is 2240 g/mol. The Morgan fingerprint density at radius 1 is 0.280 bits per heavy atom. The van der Waals surface area contributed by atoms with Crippen molar-refractivity contribution in [1.29, 1.82) is 0 Å². The van der Waals surface area contributed by atoms with E-state index < -0.39 is 0 Å². The molecule has 132 heavy (non-hydrogen) atoms. The minimum absolute atomic E-state index is 0. The van der Waals surface area contributed by atoms with E-state index in [9.17, 15) is 0 Å². The van der Waals surface area contributed by atoms with Gasteiger partial charge in [-0.25, -0.2) is 0 Å². The molecular formula is C121H127Br2I3N3O2V. The minimum atomic E-state index is -0.368. The van der Waals surface area contributed by atoms with Crippen LogP contribution in [0.25, 0.3) is 88.4 Å². The van der Waals surface area contributed by atoms with Gasteiger partial charge in [0.15, 0.2) is 0 Å². The third-order valence-electron chi connectivity index (χ3n) is 28.2. The first-order valence-corrected chi connectivity index (χ1v) is 61.2. The molecule has 1 N–H and O–H groups in total. The molecule has 2 heterocycles. The van der Waals surface area contributed by atoms with Crippen molar-refractivity contribution in [2.75, 3.05) is 15.1 Å². The van der Waals surface area contributed by atoms with E-state index in [-0.39, 0.29) is 66.5 Å². The molecule has 5 nitrogen and oxygen atoms in total. The fraction of sp³-hybridized carbons (Fsp3) is 0.306. The number of para-hydroxylation sites is 2. The van der Waals surface area contributed by atoms with Crippen molar-refractivity contribution in [3.63, 3.8) is 0 Å². The van der Waals surface area contributed by atoms with E-state index in [1.54, 1.807) is 0 Å². The summed E-state index contributed by atoms with van der Waals surface area (Å²) in [4.78, 5) is 4.62. The van der Waals surface area contributed by atoms with Gasteiger partial charge in [0.05, 0.1) is 0 Å². The molecule has 14 aromatic carbocycles. The number of fused-ring (bicyclic) bond motifs is 24. The van der Waals surface area contributed by atoms with Crippen molar-refractivity contribution in [3.05, 3.63) is 354 Å². The summed E-state index contributed by atoms with van der Waals surface area (Å²) in [6.45, 7) is 60.2. The van der Waals surface area contributed by atoms with Crippen LogP contribution < -0.4 is 15.1 Å². The topological polar surface area (TPSA) is 44.8 Å². The molecule has 0 saturated carbocycles. The number of furan rings is 2. The van der Waals surface area contributed by atoms with E-state index in [1.807, 2.05) is 0 Å². The van der Waals surface area contributed by atoms with Crippen molar-refractivity contribution < 1.29 is 13.8 Å². The maximum absolute atomic E-state index is 7.17. The maximum atomic E-state index is 7.17. The number of nitrogens with one attached hydrogen (secondary N) is 1. The van der Waals surface area contributed by atoms with E-state index in [1.165, 1.54) is 139 Å². The second-order valence-electron chi connectivity index (χ2n) is 44.8. The molecule has 11 heteroatoms. The molecule has 0 fully saturated rings. The van der Waals surface area contributed by atoms with Crippen molar-refractivity contribution in [3.8, 4) is 44.5 Å². The van der Waals surface area contributed by atoms with Crippen molar-refractivity contribution >= 4 is 181 Å². The first-order chi connectivity index (χ1) is 61.3. The van der Waals surface area contributed by atoms with Crippen LogP contribution in [0.4, 0.5) is 45.5 Å². The van der Waals surface area contributed by atoms with Gasteiger partial charge in [0.1, 0.15) is 22.3 Å². The average Bonchev–Trinajstić information content (AvgIpc) is 1.48. The Morgan fingerprint density at radius 2 is 0.500 bits per heavy atom. The Bertz CT molecular complexity index is 6960. The van der Waals surface area contributed by atoms with Crippen molar-refractivity contribution in [2.24, 2.45) is 0 Å². The quantitative estimate of drug-likeness (QED) is 0.154. The molecule has 0 radical (unpaired) electrons. The third-order valence-corrected chi connectivity index (χ3v) is 29.1. The van der Waals surface area contributed by atoms with E-state index in [0.29, 0.717) is 0 Å². The Hall–Kier alpha value is -8.19. The Morgan fingerprint density at radius 3 is 0.765 bits per heavy atom. The van der Waals surface area contributed by atoms with Gasteiger partial charge in [-0.3, -0.25) is 0 Å². The van der Waals surface area contributed by atoms with Gasteiger partial charge in [0.25, 0.3) is 0 Å². The molecule has 0 amide bonds. The summed E-state index contributed by atoms with van der Waals surface area (Å²) < 4.78 is 16.1. The van der Waals surface area contributed by atoms with Crippen molar-refractivity contribution in [2.45, 2.75) is 242 Å². The molecule has 678 valence electrons. The van der Waals surface area contributed by atoms with Gasteiger partial charge in [-0.15, -0.1) is 0 Å². The van der Waals surface area contributed by atoms with E-state index >= 15 is 0 Å². The normalized spacial score (nSPS) is 14.6. The summed E-state index contributed by atoms with van der Waals surface area (Å²) in [7, 11) is 0. The standard InChI is InChI=1S/C70H74N2O.C30H22Br2O.C20H27N.CH4.3HI.V/c1-65(2,3)43-21-29-47(30-22-43)71(48-31-23-44(24-32-48)66(4,5)6)51-37-39-53-56(41-51)69(13,14)62-59(53)60-55-19-17-18-20-58(55)73-64(60)61-54-40-38-52(42-57(54)70(15,16)63(61)62)72(49-33-25-45(26-34-49)67(7,8)9)50-35-27-46(28-36-50)68(10,11)12;1-29(2)20-13-15(31)9-11-17(20)23-24-19-7-5-6-8-22(19)33-28(24)25-18-12-10-16(32)14-21(18)30(3,4)27(25)26(23)29;1-19(2,3)15-7-11-17(12-8-15)21-18-13-9-16(10-14-18)20(4,5)6;;;;;/h17-42H,1-16H3;5-14H,1-4H3;7-14,21H,1-6H3;1H4;3*1H;/q;;;;;;;+3/p-3. The van der Waals surface area contributed by atoms with E-state index in [0.717, 1.165) is 82.2 Å². The Balaban J connectivity index is 0.000000175. The van der Waals surface area contributed by atoms with Crippen LogP contribution in [-0.4, -0.2) is 0 Å².